The van der Waals surface area contributed by atoms with Gasteiger partial charge in [0.1, 0.15) is 17.4 Å². The number of rotatable bonds is 6. The van der Waals surface area contributed by atoms with Crippen molar-refractivity contribution in [1.82, 2.24) is 4.57 Å². The van der Waals surface area contributed by atoms with Crippen molar-refractivity contribution in [3.05, 3.63) is 99.2 Å². The number of methoxy groups -OCH3 is 1. The lowest BCUT2D eigenvalue weighted by molar-refractivity contribution is -0.112. The van der Waals surface area contributed by atoms with Gasteiger partial charge < -0.3 is 14.6 Å². The Morgan fingerprint density at radius 3 is 2.50 bits per heavy atom. The van der Waals surface area contributed by atoms with E-state index in [1.165, 1.54) is 7.11 Å². The number of nitriles is 1. The van der Waals surface area contributed by atoms with E-state index in [1.807, 2.05) is 61.5 Å². The van der Waals surface area contributed by atoms with Crippen molar-refractivity contribution in [2.45, 2.75) is 13.5 Å². The Kier molecular flexibility index (Phi) is 6.93. The second-order valence-electron chi connectivity index (χ2n) is 7.70. The van der Waals surface area contributed by atoms with Crippen molar-refractivity contribution in [3.8, 4) is 11.8 Å². The third kappa shape index (κ3) is 4.79. The van der Waals surface area contributed by atoms with Crippen LogP contribution in [0.15, 0.2) is 72.3 Å². The number of nitrogens with zero attached hydrogens (tertiary/aromatic N) is 2. The van der Waals surface area contributed by atoms with Gasteiger partial charge >= 0.3 is 0 Å². The lowest BCUT2D eigenvalue weighted by Crippen LogP contribution is -2.14. The molecule has 1 heterocycles. The van der Waals surface area contributed by atoms with Gasteiger partial charge in [-0.3, -0.25) is 4.79 Å². The Hall–Kier alpha value is -3.72. The van der Waals surface area contributed by atoms with E-state index in [0.29, 0.717) is 28.0 Å². The Balaban J connectivity index is 1.74. The van der Waals surface area contributed by atoms with Gasteiger partial charge in [0.15, 0.2) is 0 Å². The lowest BCUT2D eigenvalue weighted by Gasteiger charge is -2.10. The van der Waals surface area contributed by atoms with E-state index in [4.69, 9.17) is 27.9 Å². The number of fused-ring (bicyclic) bond motifs is 1. The maximum absolute atomic E-state index is 13.0. The zero-order valence-electron chi connectivity index (χ0n) is 18.6. The highest BCUT2D eigenvalue weighted by atomic mass is 35.5. The second kappa shape index (κ2) is 10.0. The maximum atomic E-state index is 13.0. The summed E-state index contributed by atoms with van der Waals surface area (Å²) in [5.41, 5.74) is 4.22. The molecule has 1 N–H and O–H groups in total. The second-order valence-corrected chi connectivity index (χ2v) is 8.57. The maximum Gasteiger partial charge on any atom is 0.266 e. The summed E-state index contributed by atoms with van der Waals surface area (Å²) in [7, 11) is 1.50. The number of halogens is 2. The molecule has 170 valence electrons. The van der Waals surface area contributed by atoms with Gasteiger partial charge in [-0.15, -0.1) is 0 Å². The molecule has 1 amide bonds. The highest BCUT2D eigenvalue weighted by Gasteiger charge is 2.17. The van der Waals surface area contributed by atoms with Gasteiger partial charge in [-0.05, 0) is 55.0 Å². The molecule has 5 nitrogen and oxygen atoms in total. The van der Waals surface area contributed by atoms with Gasteiger partial charge in [0, 0.05) is 38.8 Å². The molecule has 0 saturated carbocycles. The number of anilines is 1. The molecule has 4 aromatic rings. The summed E-state index contributed by atoms with van der Waals surface area (Å²) in [6.45, 7) is 2.61. The molecule has 0 atom stereocenters. The highest BCUT2D eigenvalue weighted by molar-refractivity contribution is 6.31. The summed E-state index contributed by atoms with van der Waals surface area (Å²) in [4.78, 5) is 13.0. The summed E-state index contributed by atoms with van der Waals surface area (Å²) in [5.74, 6) is -0.0946. The molecule has 0 radical (unpaired) electrons. The fourth-order valence-electron chi connectivity index (χ4n) is 3.88. The third-order valence-electron chi connectivity index (χ3n) is 5.60. The first-order valence-corrected chi connectivity index (χ1v) is 11.3. The number of aromatic nitrogens is 1. The van der Waals surface area contributed by atoms with E-state index in [0.717, 1.165) is 27.7 Å². The minimum absolute atomic E-state index is 0.0282. The Labute approximate surface area is 207 Å². The van der Waals surface area contributed by atoms with E-state index >= 15 is 0 Å². The number of hydrogen-bond donors (Lipinski definition) is 1. The Morgan fingerprint density at radius 1 is 1.09 bits per heavy atom. The fourth-order valence-corrected chi connectivity index (χ4v) is 4.17. The van der Waals surface area contributed by atoms with Crippen LogP contribution in [0.4, 0.5) is 5.69 Å². The topological polar surface area (TPSA) is 67.0 Å². The normalized spacial score (nSPS) is 11.3. The van der Waals surface area contributed by atoms with Crippen molar-refractivity contribution >= 4 is 51.8 Å². The zero-order chi connectivity index (χ0) is 24.2. The van der Waals surface area contributed by atoms with Crippen molar-refractivity contribution in [1.29, 1.82) is 5.26 Å². The van der Waals surface area contributed by atoms with Gasteiger partial charge in [0.25, 0.3) is 5.91 Å². The number of hydrogen-bond acceptors (Lipinski definition) is 3. The molecule has 0 unspecified atom stereocenters. The molecule has 3 aromatic carbocycles. The number of amides is 1. The van der Waals surface area contributed by atoms with Crippen molar-refractivity contribution in [2.24, 2.45) is 0 Å². The fraction of sp³-hybridized carbons (Fsp3) is 0.111. The molecule has 0 bridgehead atoms. The van der Waals surface area contributed by atoms with Crippen molar-refractivity contribution in [3.63, 3.8) is 0 Å². The highest BCUT2D eigenvalue weighted by Crippen LogP contribution is 2.31. The molecular formula is C27H21Cl2N3O2. The Morgan fingerprint density at radius 2 is 1.79 bits per heavy atom. The van der Waals surface area contributed by atoms with Crippen LogP contribution in [0.5, 0.6) is 5.75 Å². The summed E-state index contributed by atoms with van der Waals surface area (Å²) in [6, 6.07) is 22.5. The predicted octanol–water partition coefficient (Wildman–Crippen LogP) is 6.86. The monoisotopic (exact) mass is 489 g/mol. The number of nitrogens with one attached hydrogen (secondary N) is 1. The predicted molar refractivity (Wildman–Crippen MR) is 137 cm³/mol. The minimum Gasteiger partial charge on any atom is -0.495 e. The first kappa shape index (κ1) is 23.4. The van der Waals surface area contributed by atoms with Gasteiger partial charge in [-0.25, -0.2) is 0 Å². The molecule has 0 aliphatic rings. The summed E-state index contributed by atoms with van der Waals surface area (Å²) in [5, 5.41) is 14.6. The van der Waals surface area contributed by atoms with Crippen LogP contribution in [0.25, 0.3) is 17.0 Å². The smallest absolute Gasteiger partial charge is 0.266 e. The van der Waals surface area contributed by atoms with Crippen LogP contribution in [0.1, 0.15) is 16.8 Å². The van der Waals surface area contributed by atoms with Crippen LogP contribution in [-0.2, 0) is 11.3 Å². The molecular weight excluding hydrogens is 469 g/mol. The molecule has 0 saturated heterocycles. The van der Waals surface area contributed by atoms with Crippen LogP contribution >= 0.6 is 23.2 Å². The lowest BCUT2D eigenvalue weighted by atomic mass is 10.1. The van der Waals surface area contributed by atoms with Crippen LogP contribution in [-0.4, -0.2) is 17.6 Å². The van der Waals surface area contributed by atoms with E-state index in [2.05, 4.69) is 9.88 Å². The average Bonchev–Trinajstić information content (AvgIpc) is 3.09. The van der Waals surface area contributed by atoms with E-state index in [1.54, 1.807) is 24.3 Å². The van der Waals surface area contributed by atoms with E-state index in [-0.39, 0.29) is 5.57 Å². The SMILES string of the molecule is COc1ccc(Cl)cc1NC(=O)/C(C#N)=C/c1c(C)n(Cc2ccc(Cl)cc2)c2ccccc12. The standard InChI is InChI=1S/C27H21Cl2N3O2/c1-17-23(13-19(15-30)27(33)31-24-14-21(29)11-12-26(24)34-2)22-5-3-4-6-25(22)32(17)16-18-7-9-20(28)10-8-18/h3-14H,16H2,1-2H3,(H,31,33)/b19-13+. The first-order chi connectivity index (χ1) is 16.4. The van der Waals surface area contributed by atoms with Crippen molar-refractivity contribution in [2.75, 3.05) is 12.4 Å². The number of benzene rings is 3. The Bertz CT molecular complexity index is 1450. The van der Waals surface area contributed by atoms with Gasteiger partial charge in [0.05, 0.1) is 12.8 Å². The van der Waals surface area contributed by atoms with Crippen LogP contribution < -0.4 is 10.1 Å². The van der Waals surface area contributed by atoms with Gasteiger partial charge in [0.2, 0.25) is 0 Å². The number of carbonyl (C=O) groups is 1. The molecule has 34 heavy (non-hydrogen) atoms. The number of carbonyl (C=O) groups excluding carboxylic acids is 1. The van der Waals surface area contributed by atoms with Crippen LogP contribution in [0.3, 0.4) is 0 Å². The average molecular weight is 490 g/mol. The quantitative estimate of drug-likeness (QED) is 0.237. The molecule has 4 rings (SSSR count). The van der Waals surface area contributed by atoms with Crippen molar-refractivity contribution < 1.29 is 9.53 Å². The zero-order valence-corrected chi connectivity index (χ0v) is 20.1. The molecule has 7 heteroatoms. The first-order valence-electron chi connectivity index (χ1n) is 10.5. The summed E-state index contributed by atoms with van der Waals surface area (Å²) >= 11 is 12.1. The molecule has 0 spiro atoms. The summed E-state index contributed by atoms with van der Waals surface area (Å²) in [6.07, 6.45) is 1.63. The largest absolute Gasteiger partial charge is 0.495 e. The van der Waals surface area contributed by atoms with Gasteiger partial charge in [-0.1, -0.05) is 53.5 Å². The molecule has 0 aliphatic heterocycles. The van der Waals surface area contributed by atoms with E-state index in [9.17, 15) is 10.1 Å². The molecule has 0 aliphatic carbocycles. The van der Waals surface area contributed by atoms with E-state index < -0.39 is 5.91 Å². The third-order valence-corrected chi connectivity index (χ3v) is 6.08. The summed E-state index contributed by atoms with van der Waals surface area (Å²) < 4.78 is 7.45. The van der Waals surface area contributed by atoms with Gasteiger partial charge in [-0.2, -0.15) is 5.26 Å². The van der Waals surface area contributed by atoms with Crippen LogP contribution in [0, 0.1) is 18.3 Å². The molecule has 1 aromatic heterocycles. The number of para-hydroxylation sites is 1. The minimum atomic E-state index is -0.544. The van der Waals surface area contributed by atoms with Crippen LogP contribution in [0.2, 0.25) is 10.0 Å². The molecule has 0 fully saturated rings. The number of ether oxygens (including phenoxy) is 1.